The summed E-state index contributed by atoms with van der Waals surface area (Å²) in [6.07, 6.45) is 54.2. The summed E-state index contributed by atoms with van der Waals surface area (Å²) in [5.41, 5.74) is 0. The Balaban J connectivity index is 0. The molecule has 0 aliphatic heterocycles. The summed E-state index contributed by atoms with van der Waals surface area (Å²) < 4.78 is 0. The van der Waals surface area contributed by atoms with Crippen LogP contribution in [0.3, 0.4) is 0 Å². The van der Waals surface area contributed by atoms with Crippen molar-refractivity contribution in [2.45, 2.75) is 252 Å². The smallest absolute Gasteiger partial charge is 0.341 e. The molecule has 48 heavy (non-hydrogen) atoms. The maximum absolute atomic E-state index is 12.2. The Labute approximate surface area is 315 Å². The normalized spacial score (nSPS) is 11.6. The molecule has 0 bridgehead atoms. The number of hydrogen-bond acceptors (Lipinski definition) is 1. The van der Waals surface area contributed by atoms with Gasteiger partial charge >= 0.3 is 5.97 Å². The van der Waals surface area contributed by atoms with Crippen molar-refractivity contribution in [3.63, 3.8) is 0 Å². The second-order valence-corrected chi connectivity index (χ2v) is 20.1. The standard InChI is InChI=1S/C44H89O2P.BrH/c1-4-7-10-13-16-19-22-25-28-31-34-37-40-47(43-44(45)46,41-38-35-32-29-26-23-20-17-14-11-8-5-2)42-39-36-33-30-27-24-21-18-15-12-9-6-3;/h4-43H2,1-3H3;1H. The third-order valence-electron chi connectivity index (χ3n) is 10.9. The highest BCUT2D eigenvalue weighted by molar-refractivity contribution is 7.76. The predicted molar refractivity (Wildman–Crippen MR) is 217 cm³/mol. The van der Waals surface area contributed by atoms with E-state index in [0.29, 0.717) is 6.16 Å². The van der Waals surface area contributed by atoms with Crippen molar-refractivity contribution < 1.29 is 26.9 Å². The van der Waals surface area contributed by atoms with E-state index in [1.807, 2.05) is 0 Å². The maximum Gasteiger partial charge on any atom is 0.341 e. The van der Waals surface area contributed by atoms with Crippen molar-refractivity contribution in [3.05, 3.63) is 0 Å². The molecule has 0 aromatic rings. The Hall–Kier alpha value is 0.380. The second kappa shape index (κ2) is 41.8. The minimum absolute atomic E-state index is 0. The monoisotopic (exact) mass is 761 g/mol. The van der Waals surface area contributed by atoms with E-state index < -0.39 is 13.2 Å². The van der Waals surface area contributed by atoms with Gasteiger partial charge in [0, 0.05) is 7.26 Å². The molecule has 0 radical (unpaired) electrons. The van der Waals surface area contributed by atoms with E-state index in [9.17, 15) is 9.90 Å². The minimum Gasteiger partial charge on any atom is -1.00 e. The lowest BCUT2D eigenvalue weighted by Crippen LogP contribution is -3.00. The van der Waals surface area contributed by atoms with E-state index in [1.165, 1.54) is 250 Å². The van der Waals surface area contributed by atoms with Crippen molar-refractivity contribution in [2.24, 2.45) is 0 Å². The molecule has 0 saturated carbocycles. The first-order valence-electron chi connectivity index (χ1n) is 22.2. The summed E-state index contributed by atoms with van der Waals surface area (Å²) in [6.45, 7) is 6.89. The molecule has 0 aliphatic rings. The van der Waals surface area contributed by atoms with Crippen LogP contribution in [0.25, 0.3) is 0 Å². The molecule has 0 fully saturated rings. The van der Waals surface area contributed by atoms with Crippen LogP contribution in [0, 0.1) is 0 Å². The van der Waals surface area contributed by atoms with Gasteiger partial charge in [0.05, 0.1) is 18.5 Å². The van der Waals surface area contributed by atoms with E-state index in [4.69, 9.17) is 0 Å². The van der Waals surface area contributed by atoms with E-state index in [0.717, 1.165) is 0 Å². The number of rotatable bonds is 41. The lowest BCUT2D eigenvalue weighted by atomic mass is 10.1. The van der Waals surface area contributed by atoms with Crippen molar-refractivity contribution in [2.75, 3.05) is 24.6 Å². The average Bonchev–Trinajstić information content (AvgIpc) is 3.06. The molecule has 0 aromatic heterocycles. The predicted octanol–water partition coefficient (Wildman–Crippen LogP) is 13.2. The van der Waals surface area contributed by atoms with E-state index in [-0.39, 0.29) is 17.0 Å². The van der Waals surface area contributed by atoms with Gasteiger partial charge < -0.3 is 22.1 Å². The van der Waals surface area contributed by atoms with E-state index >= 15 is 0 Å². The number of carbonyl (C=O) groups is 1. The third-order valence-corrected chi connectivity index (χ3v) is 15.7. The van der Waals surface area contributed by atoms with Gasteiger partial charge in [-0.3, -0.25) is 0 Å². The fraction of sp³-hybridized carbons (Fsp3) is 0.977. The molecule has 0 rings (SSSR count). The number of hydrogen-bond donors (Lipinski definition) is 1. The minimum atomic E-state index is -1.39. The van der Waals surface area contributed by atoms with Gasteiger partial charge in [0.15, 0.2) is 6.16 Å². The largest absolute Gasteiger partial charge is 1.00 e. The first kappa shape index (κ1) is 50.5. The van der Waals surface area contributed by atoms with Crippen molar-refractivity contribution >= 4 is 13.2 Å². The Morgan fingerprint density at radius 3 is 0.667 bits per heavy atom. The van der Waals surface area contributed by atoms with Crippen LogP contribution in [-0.2, 0) is 4.79 Å². The number of halogens is 1. The first-order valence-corrected chi connectivity index (χ1v) is 24.7. The highest BCUT2D eigenvalue weighted by Crippen LogP contribution is 2.60. The van der Waals surface area contributed by atoms with Gasteiger partial charge in [-0.25, -0.2) is 4.79 Å². The van der Waals surface area contributed by atoms with Crippen LogP contribution in [0.1, 0.15) is 252 Å². The Morgan fingerprint density at radius 1 is 0.333 bits per heavy atom. The fourth-order valence-electron chi connectivity index (χ4n) is 7.72. The van der Waals surface area contributed by atoms with Crippen LogP contribution < -0.4 is 17.0 Å². The zero-order chi connectivity index (χ0) is 34.4. The van der Waals surface area contributed by atoms with Gasteiger partial charge in [-0.05, 0) is 38.5 Å². The zero-order valence-corrected chi connectivity index (χ0v) is 35.9. The summed E-state index contributed by atoms with van der Waals surface area (Å²) in [7, 11) is -1.39. The Morgan fingerprint density at radius 2 is 0.500 bits per heavy atom. The molecule has 0 unspecified atom stereocenters. The molecule has 0 amide bonds. The summed E-state index contributed by atoms with van der Waals surface area (Å²) in [5, 5.41) is 10.1. The zero-order valence-electron chi connectivity index (χ0n) is 33.5. The topological polar surface area (TPSA) is 37.3 Å². The number of aliphatic carboxylic acids is 1. The molecule has 0 saturated heterocycles. The van der Waals surface area contributed by atoms with E-state index in [1.54, 1.807) is 0 Å². The summed E-state index contributed by atoms with van der Waals surface area (Å²) in [5.74, 6) is -0.504. The highest BCUT2D eigenvalue weighted by Gasteiger charge is 2.38. The van der Waals surface area contributed by atoms with Gasteiger partial charge in [-0.2, -0.15) is 0 Å². The summed E-state index contributed by atoms with van der Waals surface area (Å²) >= 11 is 0. The maximum atomic E-state index is 12.2. The lowest BCUT2D eigenvalue weighted by Gasteiger charge is -2.27. The Kier molecular flexibility index (Phi) is 44.0. The first-order chi connectivity index (χ1) is 23.1. The molecule has 2 nitrogen and oxygen atoms in total. The van der Waals surface area contributed by atoms with Crippen LogP contribution in [0.2, 0.25) is 0 Å². The molecule has 0 atom stereocenters. The molecule has 0 spiro atoms. The van der Waals surface area contributed by atoms with Crippen LogP contribution in [0.15, 0.2) is 0 Å². The fourth-order valence-corrected chi connectivity index (χ4v) is 12.1. The van der Waals surface area contributed by atoms with Crippen LogP contribution in [0.4, 0.5) is 0 Å². The van der Waals surface area contributed by atoms with E-state index in [2.05, 4.69) is 20.8 Å². The lowest BCUT2D eigenvalue weighted by molar-refractivity contribution is -0.134. The summed E-state index contributed by atoms with van der Waals surface area (Å²) in [6, 6.07) is 0. The van der Waals surface area contributed by atoms with Gasteiger partial charge in [0.1, 0.15) is 0 Å². The van der Waals surface area contributed by atoms with Crippen molar-refractivity contribution in [1.29, 1.82) is 0 Å². The number of unbranched alkanes of at least 4 members (excludes halogenated alkanes) is 33. The number of carboxylic acids is 1. The van der Waals surface area contributed by atoms with Crippen LogP contribution >= 0.6 is 7.26 Å². The SMILES string of the molecule is CCCCCCCCCCCCCC[P+](CCCCCCCCCCCCCC)(CCCCCCCCCCCCCC)CC(=O)O.[Br-]. The molecule has 290 valence electrons. The Bertz CT molecular complexity index is 543. The average molecular weight is 762 g/mol. The third kappa shape index (κ3) is 37.6. The van der Waals surface area contributed by atoms with Crippen molar-refractivity contribution in [1.82, 2.24) is 0 Å². The molecule has 0 heterocycles. The highest BCUT2D eigenvalue weighted by atomic mass is 79.9. The van der Waals surface area contributed by atoms with Gasteiger partial charge in [0.25, 0.3) is 0 Å². The van der Waals surface area contributed by atoms with Crippen LogP contribution in [0.5, 0.6) is 0 Å². The van der Waals surface area contributed by atoms with Gasteiger partial charge in [-0.15, -0.1) is 0 Å². The molecule has 0 aromatic carbocycles. The second-order valence-electron chi connectivity index (χ2n) is 15.7. The quantitative estimate of drug-likeness (QED) is 0.0498. The number of carboxylic acid groups (broad SMARTS) is 1. The van der Waals surface area contributed by atoms with Gasteiger partial charge in [0.2, 0.25) is 0 Å². The van der Waals surface area contributed by atoms with Crippen molar-refractivity contribution in [3.8, 4) is 0 Å². The summed E-state index contributed by atoms with van der Waals surface area (Å²) in [4.78, 5) is 12.2. The molecular formula is C44H90BrO2P. The molecule has 4 heteroatoms. The molecule has 1 N–H and O–H groups in total. The molecular weight excluding hydrogens is 671 g/mol. The van der Waals surface area contributed by atoms with Crippen LogP contribution in [-0.4, -0.2) is 35.7 Å². The molecule has 0 aliphatic carbocycles. The van der Waals surface area contributed by atoms with Gasteiger partial charge in [-0.1, -0.05) is 213 Å².